The highest BCUT2D eigenvalue weighted by atomic mass is 16.7. The maximum Gasteiger partial charge on any atom is 0.371 e. The van der Waals surface area contributed by atoms with Gasteiger partial charge < -0.3 is 97.9 Å². The van der Waals surface area contributed by atoms with Gasteiger partial charge >= 0.3 is 35.8 Å². The molecule has 8 aromatic rings. The van der Waals surface area contributed by atoms with Crippen LogP contribution in [0.2, 0.25) is 0 Å². The molecule has 10 rings (SSSR count). The molecule has 2 aliphatic rings. The molecule has 4 aromatic carbocycles. The number of carboxylic acids is 6. The summed E-state index contributed by atoms with van der Waals surface area (Å²) in [6, 6.07) is 37.0. The molecule has 0 atom stereocenters. The Kier molecular flexibility index (Phi) is 46.5. The highest BCUT2D eigenvalue weighted by Gasteiger charge is 2.22. The minimum atomic E-state index is -1.28. The van der Waals surface area contributed by atoms with Crippen LogP contribution < -0.4 is 0 Å². The van der Waals surface area contributed by atoms with Crippen molar-refractivity contribution in [3.63, 3.8) is 0 Å². The summed E-state index contributed by atoms with van der Waals surface area (Å²) in [5, 5.41) is 102. The summed E-state index contributed by atoms with van der Waals surface area (Å²) in [6.07, 6.45) is 0.776. The lowest BCUT2D eigenvalue weighted by Crippen LogP contribution is -1.99. The molecular weight excluding hydrogens is 1300 g/mol. The van der Waals surface area contributed by atoms with Crippen LogP contribution in [-0.4, -0.2) is 146 Å². The predicted molar refractivity (Wildman–Crippen MR) is 322 cm³/mol. The van der Waals surface area contributed by atoms with Gasteiger partial charge in [-0.1, -0.05) is 60.7 Å². The molecule has 2 fully saturated rings. The summed E-state index contributed by atoms with van der Waals surface area (Å²) in [5.41, 5.74) is 4.50. The molecule has 0 amide bonds. The van der Waals surface area contributed by atoms with E-state index in [0.717, 1.165) is 40.7 Å². The average Bonchev–Trinajstić information content (AvgIpc) is 2.09. The Morgan fingerprint density at radius 2 is 0.656 bits per heavy atom. The van der Waals surface area contributed by atoms with Crippen molar-refractivity contribution >= 4 is 48.4 Å². The minimum Gasteiger partial charge on any atom is -0.478 e. The normalized spacial score (nSPS) is 11.1. The highest BCUT2D eigenvalue weighted by Crippen LogP contribution is 2.25. The number of carbonyl (C=O) groups is 8. The smallest absolute Gasteiger partial charge is 0.371 e. The van der Waals surface area contributed by atoms with Gasteiger partial charge in [-0.2, -0.15) is 0 Å². The third-order valence-corrected chi connectivity index (χ3v) is 10.8. The number of hydrogen-bond donors (Lipinski definition) is 12. The number of carbonyl (C=O) groups excluding carboxylic acids is 2. The van der Waals surface area contributed by atoms with Crippen LogP contribution in [0.4, 0.5) is 0 Å². The van der Waals surface area contributed by atoms with E-state index >= 15 is 0 Å². The van der Waals surface area contributed by atoms with Crippen LogP contribution in [0, 0.1) is 29.8 Å². The van der Waals surface area contributed by atoms with Gasteiger partial charge in [0.05, 0.1) is 62.9 Å². The van der Waals surface area contributed by atoms with Crippen molar-refractivity contribution in [2.75, 3.05) is 26.4 Å². The Morgan fingerprint density at radius 3 is 0.948 bits per heavy atom. The summed E-state index contributed by atoms with van der Waals surface area (Å²) < 4.78 is 40.1. The number of aliphatic hydroxyl groups is 6. The van der Waals surface area contributed by atoms with Gasteiger partial charge in [-0.3, -0.25) is 9.59 Å². The monoisotopic (exact) mass is 1360 g/mol. The van der Waals surface area contributed by atoms with E-state index in [1.165, 1.54) is 54.6 Å². The molecule has 0 bridgehead atoms. The molecule has 2 aliphatic heterocycles. The Hall–Kier alpha value is -11.8. The summed E-state index contributed by atoms with van der Waals surface area (Å²) in [6.45, 7) is 2.04. The van der Waals surface area contributed by atoms with E-state index in [9.17, 15) is 38.4 Å². The molecule has 6 heterocycles. The average molecular weight is 1360 g/mol. The third-order valence-electron chi connectivity index (χ3n) is 10.8. The van der Waals surface area contributed by atoms with Gasteiger partial charge in [0.25, 0.3) is 0 Å². The lowest BCUT2D eigenvalue weighted by atomic mass is 10.1. The summed E-state index contributed by atoms with van der Waals surface area (Å²) in [7, 11) is 0. The maximum atomic E-state index is 10.3. The van der Waals surface area contributed by atoms with Gasteiger partial charge in [-0.05, 0) is 102 Å². The van der Waals surface area contributed by atoms with Gasteiger partial charge in [0.2, 0.25) is 33.5 Å². The lowest BCUT2D eigenvalue weighted by Gasteiger charge is -2.08. The van der Waals surface area contributed by atoms with Gasteiger partial charge in [0.1, 0.15) is 43.4 Å². The minimum absolute atomic E-state index is 0.0269. The first-order valence-electron chi connectivity index (χ1n) is 26.1. The standard InChI is InChI=1S/C10H12O3.C8H10O4.C8H6O4.C8H8O3.C8H8O2.C6H4O5.C6H6O4.C6H6O3.4O2/c11-7-8-1-3-9(4-2-8)10-12-5-6-13-10;9-5-6-1-2-7(12-6)8-10-3-4-11-8;9-7(10)5-1-2-6(4-3-5)8(11)12;9-5-6-1-3-7(4-2-6)8(10)11;9-5-7-1-2-8(6-10)4-3-7;7-5(8)3-1-2-4(11-3)6(9)10;7-3-4-1-2-5(10-4)6(8)9;7-3-5-1-2-6(4-8)9-5;4*1-2/h1-4,10-11H,5-7H2;1-2,8-9H,3-5H2;1-4H,(H,9,10)(H,11,12);1-4,9H,5H2,(H,10,11);1-5,10H,6H2;1-2H,(H,7,8)(H,9,10);1-2,7H,3H2,(H,8,9);1-3,8H,4H2;;;;/p+2. The van der Waals surface area contributed by atoms with Crippen LogP contribution in [0.15, 0.2) is 163 Å². The molecule has 0 aliphatic carbocycles. The van der Waals surface area contributed by atoms with Crippen LogP contribution >= 0.6 is 0 Å². The van der Waals surface area contributed by atoms with Crippen molar-refractivity contribution in [3.05, 3.63) is 266 Å². The molecule has 0 unspecified atom stereocenters. The number of aldehydes is 2. The Labute approximate surface area is 537 Å². The molecule has 0 radical (unpaired) electrons. The summed E-state index contributed by atoms with van der Waals surface area (Å²) in [4.78, 5) is 136. The van der Waals surface area contributed by atoms with Crippen molar-refractivity contribution in [1.29, 1.82) is 0 Å². The number of hydrogen-bond acceptors (Lipinski definition) is 28. The van der Waals surface area contributed by atoms with Crippen molar-refractivity contribution in [3.8, 4) is 0 Å². The van der Waals surface area contributed by atoms with Gasteiger partial charge in [0.15, 0.2) is 24.1 Å². The number of aromatic carboxylic acids is 6. The van der Waals surface area contributed by atoms with E-state index in [1.807, 2.05) is 24.3 Å². The predicted octanol–water partition coefficient (Wildman–Crippen LogP) is 6.57. The number of ether oxygens (including phenoxy) is 4. The molecule has 2 saturated heterocycles. The van der Waals surface area contributed by atoms with Gasteiger partial charge in [-0.15, -0.1) is 0 Å². The van der Waals surface area contributed by atoms with Crippen LogP contribution in [0.3, 0.4) is 0 Å². The maximum absolute atomic E-state index is 10.3. The van der Waals surface area contributed by atoms with Crippen molar-refractivity contribution in [2.45, 2.75) is 52.2 Å². The van der Waals surface area contributed by atoms with E-state index in [-0.39, 0.29) is 97.7 Å². The number of carboxylic acid groups (broad SMARTS) is 6. The van der Waals surface area contributed by atoms with Crippen molar-refractivity contribution in [2.24, 2.45) is 0 Å². The Morgan fingerprint density at radius 1 is 0.344 bits per heavy atom. The lowest BCUT2D eigenvalue weighted by molar-refractivity contribution is -0.0598. The van der Waals surface area contributed by atoms with Gasteiger partial charge in [0, 0.05) is 40.9 Å². The van der Waals surface area contributed by atoms with Crippen LogP contribution in [-0.2, 0) is 58.6 Å². The van der Waals surface area contributed by atoms with Crippen molar-refractivity contribution in [1.82, 2.24) is 0 Å². The van der Waals surface area contributed by atoms with Crippen LogP contribution in [0.25, 0.3) is 0 Å². The Balaban J connectivity index is 0. The molecule has 516 valence electrons. The SMILES string of the molecule is O=C(O)c1ccc(C(=O)O)cc1.O=C(O)c1ccc(C(=O)O)o1.O=C(O)c1ccc(CO)cc1.O=C(O)c1ccc(CO)o1.O=Cc1ccc(CO)cc1.O=Cc1ccc(CO)o1.O=O.O=O.O=[OH+].O=[OH+].OCc1ccc(C2OCCO2)cc1.OCc1ccc(C2OCCO2)o1. The zero-order valence-electron chi connectivity index (χ0n) is 49.5. The first-order chi connectivity index (χ1) is 46.2. The quantitative estimate of drug-likeness (QED) is 0.0359. The van der Waals surface area contributed by atoms with E-state index in [4.69, 9.17) is 129 Å². The van der Waals surface area contributed by atoms with Gasteiger partial charge in [-0.25, -0.2) is 28.8 Å². The topological polar surface area (TPSA) is 614 Å². The Bertz CT molecular complexity index is 3390. The molecule has 0 saturated carbocycles. The number of furan rings is 4. The van der Waals surface area contributed by atoms with E-state index < -0.39 is 35.8 Å². The second-order valence-electron chi connectivity index (χ2n) is 17.0. The van der Waals surface area contributed by atoms with E-state index in [1.54, 1.807) is 54.6 Å². The first-order valence-corrected chi connectivity index (χ1v) is 26.1. The second kappa shape index (κ2) is 51.7. The van der Waals surface area contributed by atoms with Crippen LogP contribution in [0.1, 0.15) is 142 Å². The highest BCUT2D eigenvalue weighted by molar-refractivity contribution is 5.92. The fraction of sp³-hybridized carbons (Fsp3) is 0.200. The van der Waals surface area contributed by atoms with E-state index in [0.29, 0.717) is 55.6 Å². The zero-order valence-corrected chi connectivity index (χ0v) is 49.5. The third kappa shape index (κ3) is 34.0. The van der Waals surface area contributed by atoms with Crippen LogP contribution in [0.5, 0.6) is 0 Å². The first kappa shape index (κ1) is 86.2. The molecule has 0 spiro atoms. The second-order valence-corrected chi connectivity index (χ2v) is 17.0. The fourth-order valence-corrected chi connectivity index (χ4v) is 6.36. The largest absolute Gasteiger partial charge is 0.478 e. The number of benzene rings is 4. The van der Waals surface area contributed by atoms with E-state index in [2.05, 4.69) is 8.83 Å². The van der Waals surface area contributed by atoms with Crippen molar-refractivity contribution < 1.29 is 146 Å². The number of rotatable bonds is 16. The number of aliphatic hydroxyl groups excluding tert-OH is 6. The summed E-state index contributed by atoms with van der Waals surface area (Å²) >= 11 is 0. The fourth-order valence-electron chi connectivity index (χ4n) is 6.36. The molecule has 96 heavy (non-hydrogen) atoms. The summed E-state index contributed by atoms with van der Waals surface area (Å²) in [5.74, 6) is -5.58. The molecule has 36 nitrogen and oxygen atoms in total. The zero-order chi connectivity index (χ0) is 73.0. The molecule has 36 heteroatoms. The molecule has 4 aromatic heterocycles. The molecular formula is C60H62O36+2. The molecule has 14 N–H and O–H groups in total.